The third-order valence-electron chi connectivity index (χ3n) is 1.31. The molecule has 1 rings (SSSR count). The van der Waals surface area contributed by atoms with Gasteiger partial charge in [-0.2, -0.15) is 0 Å². The molecular formula is C7H13N3O. The number of rotatable bonds is 2. The van der Waals surface area contributed by atoms with Crippen LogP contribution in [0.4, 0.5) is 6.01 Å². The van der Waals surface area contributed by atoms with Gasteiger partial charge < -0.3 is 9.32 Å². The average Bonchev–Trinajstić information content (AvgIpc) is 2.33. The van der Waals surface area contributed by atoms with Crippen LogP contribution in [0, 0.1) is 0 Å². The maximum atomic E-state index is 5.31. The van der Waals surface area contributed by atoms with Gasteiger partial charge in [-0.25, -0.2) is 0 Å². The molecule has 1 aromatic heterocycles. The van der Waals surface area contributed by atoms with Crippen LogP contribution >= 0.6 is 0 Å². The van der Waals surface area contributed by atoms with Crippen molar-refractivity contribution in [2.24, 2.45) is 0 Å². The highest BCUT2D eigenvalue weighted by Gasteiger charge is 2.09. The highest BCUT2D eigenvalue weighted by atomic mass is 16.4. The summed E-state index contributed by atoms with van der Waals surface area (Å²) < 4.78 is 5.31. The summed E-state index contributed by atoms with van der Waals surface area (Å²) in [5, 5.41) is 7.72. The maximum Gasteiger partial charge on any atom is 0.317 e. The Morgan fingerprint density at radius 1 is 1.27 bits per heavy atom. The van der Waals surface area contributed by atoms with E-state index in [9.17, 15) is 0 Å². The predicted molar refractivity (Wildman–Crippen MR) is 42.7 cm³/mol. The standard InChI is InChI=1S/C7H13N3O/c1-5(2)6-8-9-7(11-6)10(3)4/h5H,1-4H3. The number of hydrogen-bond acceptors (Lipinski definition) is 4. The van der Waals surface area contributed by atoms with Crippen LogP contribution in [0.25, 0.3) is 0 Å². The van der Waals surface area contributed by atoms with E-state index >= 15 is 0 Å². The summed E-state index contributed by atoms with van der Waals surface area (Å²) in [5.41, 5.74) is 0. The highest BCUT2D eigenvalue weighted by Crippen LogP contribution is 2.15. The molecule has 4 heteroatoms. The molecule has 0 amide bonds. The lowest BCUT2D eigenvalue weighted by Gasteiger charge is -2.03. The van der Waals surface area contributed by atoms with E-state index in [1.54, 1.807) is 4.90 Å². The molecule has 0 bridgehead atoms. The van der Waals surface area contributed by atoms with Crippen LogP contribution in [0.3, 0.4) is 0 Å². The summed E-state index contributed by atoms with van der Waals surface area (Å²) in [6.07, 6.45) is 0. The highest BCUT2D eigenvalue weighted by molar-refractivity contribution is 5.19. The molecule has 0 spiro atoms. The SMILES string of the molecule is CC(C)c1nnc(N(C)C)o1. The molecule has 1 aromatic rings. The number of hydrogen-bond donors (Lipinski definition) is 0. The largest absolute Gasteiger partial charge is 0.408 e. The first kappa shape index (κ1) is 8.04. The molecule has 0 radical (unpaired) electrons. The molecular weight excluding hydrogens is 142 g/mol. The summed E-state index contributed by atoms with van der Waals surface area (Å²) in [6, 6.07) is 0.564. The molecule has 0 N–H and O–H groups in total. The van der Waals surface area contributed by atoms with Crippen LogP contribution in [0.2, 0.25) is 0 Å². The molecule has 0 aromatic carbocycles. The van der Waals surface area contributed by atoms with Gasteiger partial charge in [-0.1, -0.05) is 18.9 Å². The predicted octanol–water partition coefficient (Wildman–Crippen LogP) is 1.26. The lowest BCUT2D eigenvalue weighted by molar-refractivity contribution is 0.472. The van der Waals surface area contributed by atoms with Gasteiger partial charge >= 0.3 is 6.01 Å². The molecule has 1 heterocycles. The number of aromatic nitrogens is 2. The second-order valence-electron chi connectivity index (χ2n) is 2.97. The van der Waals surface area contributed by atoms with Crippen molar-refractivity contribution in [1.29, 1.82) is 0 Å². The smallest absolute Gasteiger partial charge is 0.317 e. The summed E-state index contributed by atoms with van der Waals surface area (Å²) in [7, 11) is 3.75. The zero-order valence-electron chi connectivity index (χ0n) is 7.33. The van der Waals surface area contributed by atoms with Crippen molar-refractivity contribution in [3.05, 3.63) is 5.89 Å². The first-order valence-corrected chi connectivity index (χ1v) is 3.62. The minimum absolute atomic E-state index is 0.302. The Labute approximate surface area is 66.2 Å². The fraction of sp³-hybridized carbons (Fsp3) is 0.714. The maximum absolute atomic E-state index is 5.31. The third-order valence-corrected chi connectivity index (χ3v) is 1.31. The molecule has 62 valence electrons. The van der Waals surface area contributed by atoms with Gasteiger partial charge in [0.2, 0.25) is 5.89 Å². The number of anilines is 1. The van der Waals surface area contributed by atoms with Gasteiger partial charge in [-0.3, -0.25) is 0 Å². The first-order valence-electron chi connectivity index (χ1n) is 3.62. The van der Waals surface area contributed by atoms with Crippen molar-refractivity contribution in [1.82, 2.24) is 10.2 Å². The minimum atomic E-state index is 0.302. The van der Waals surface area contributed by atoms with Crippen LogP contribution in [0.15, 0.2) is 4.42 Å². The molecule has 0 fully saturated rings. The van der Waals surface area contributed by atoms with Gasteiger partial charge in [-0.05, 0) is 0 Å². The normalized spacial score (nSPS) is 10.6. The van der Waals surface area contributed by atoms with Crippen LogP contribution in [0.5, 0.6) is 0 Å². The van der Waals surface area contributed by atoms with Gasteiger partial charge in [0.25, 0.3) is 0 Å². The molecule has 0 unspecified atom stereocenters. The van der Waals surface area contributed by atoms with E-state index in [-0.39, 0.29) is 0 Å². The van der Waals surface area contributed by atoms with E-state index in [0.29, 0.717) is 17.8 Å². The topological polar surface area (TPSA) is 42.2 Å². The summed E-state index contributed by atoms with van der Waals surface area (Å²) in [6.45, 7) is 4.04. The zero-order valence-corrected chi connectivity index (χ0v) is 7.33. The minimum Gasteiger partial charge on any atom is -0.408 e. The van der Waals surface area contributed by atoms with Gasteiger partial charge in [-0.15, -0.1) is 5.10 Å². The second kappa shape index (κ2) is 2.90. The monoisotopic (exact) mass is 155 g/mol. The van der Waals surface area contributed by atoms with E-state index in [4.69, 9.17) is 4.42 Å². The van der Waals surface area contributed by atoms with Crippen molar-refractivity contribution >= 4 is 6.01 Å². The molecule has 0 saturated heterocycles. The van der Waals surface area contributed by atoms with Crippen LogP contribution in [0.1, 0.15) is 25.7 Å². The van der Waals surface area contributed by atoms with Crippen molar-refractivity contribution in [2.75, 3.05) is 19.0 Å². The van der Waals surface area contributed by atoms with Crippen LogP contribution < -0.4 is 4.90 Å². The quantitative estimate of drug-likeness (QED) is 0.644. The average molecular weight is 155 g/mol. The van der Waals surface area contributed by atoms with E-state index in [1.807, 2.05) is 27.9 Å². The summed E-state index contributed by atoms with van der Waals surface area (Å²) in [4.78, 5) is 1.79. The summed E-state index contributed by atoms with van der Waals surface area (Å²) in [5.74, 6) is 0.991. The fourth-order valence-electron chi connectivity index (χ4n) is 0.640. The van der Waals surface area contributed by atoms with Crippen molar-refractivity contribution in [3.63, 3.8) is 0 Å². The first-order chi connectivity index (χ1) is 5.11. The Morgan fingerprint density at radius 2 is 1.91 bits per heavy atom. The van der Waals surface area contributed by atoms with E-state index in [1.165, 1.54) is 0 Å². The zero-order chi connectivity index (χ0) is 8.43. The lowest BCUT2D eigenvalue weighted by atomic mass is 10.2. The molecule has 0 aliphatic rings. The van der Waals surface area contributed by atoms with Crippen molar-refractivity contribution in [3.8, 4) is 0 Å². The Hall–Kier alpha value is -1.06. The molecule has 0 saturated carbocycles. The second-order valence-corrected chi connectivity index (χ2v) is 2.97. The van der Waals surface area contributed by atoms with E-state index in [2.05, 4.69) is 10.2 Å². The van der Waals surface area contributed by atoms with Gasteiger partial charge in [0.15, 0.2) is 0 Å². The molecule has 0 aliphatic heterocycles. The third kappa shape index (κ3) is 1.69. The molecule has 4 nitrogen and oxygen atoms in total. The van der Waals surface area contributed by atoms with Gasteiger partial charge in [0, 0.05) is 20.0 Å². The number of nitrogens with zero attached hydrogens (tertiary/aromatic N) is 3. The fourth-order valence-corrected chi connectivity index (χ4v) is 0.640. The van der Waals surface area contributed by atoms with Gasteiger partial charge in [0.1, 0.15) is 0 Å². The van der Waals surface area contributed by atoms with Crippen LogP contribution in [-0.4, -0.2) is 24.3 Å². The lowest BCUT2D eigenvalue weighted by Crippen LogP contribution is -2.08. The summed E-state index contributed by atoms with van der Waals surface area (Å²) >= 11 is 0. The van der Waals surface area contributed by atoms with E-state index < -0.39 is 0 Å². The molecule has 0 atom stereocenters. The van der Waals surface area contributed by atoms with E-state index in [0.717, 1.165) is 0 Å². The Bertz CT molecular complexity index is 207. The molecule has 0 aliphatic carbocycles. The Balaban J connectivity index is 2.82. The van der Waals surface area contributed by atoms with Gasteiger partial charge in [0.05, 0.1) is 0 Å². The Kier molecular flexibility index (Phi) is 2.12. The van der Waals surface area contributed by atoms with Crippen molar-refractivity contribution in [2.45, 2.75) is 19.8 Å². The molecule has 11 heavy (non-hydrogen) atoms. The Morgan fingerprint density at radius 3 is 2.18 bits per heavy atom. The van der Waals surface area contributed by atoms with Crippen molar-refractivity contribution < 1.29 is 4.42 Å². The van der Waals surface area contributed by atoms with Crippen LogP contribution in [-0.2, 0) is 0 Å².